The maximum Gasteiger partial charge on any atom is 0.134 e. The molecule has 2 atom stereocenters. The highest BCUT2D eigenvalue weighted by molar-refractivity contribution is 5.49. The van der Waals surface area contributed by atoms with E-state index in [2.05, 4.69) is 26.3 Å². The van der Waals surface area contributed by atoms with Crippen LogP contribution in [0.25, 0.3) is 0 Å². The fraction of sp³-hybridized carbons (Fsp3) is 0.615. The summed E-state index contributed by atoms with van der Waals surface area (Å²) < 4.78 is 0. The van der Waals surface area contributed by atoms with Crippen molar-refractivity contribution in [2.24, 2.45) is 5.92 Å². The molecule has 2 unspecified atom stereocenters. The van der Waals surface area contributed by atoms with E-state index in [0.717, 1.165) is 31.0 Å². The molecular formula is C13H19N5O. The van der Waals surface area contributed by atoms with Crippen LogP contribution in [0.1, 0.15) is 19.8 Å². The molecule has 102 valence electrons. The molecule has 2 N–H and O–H groups in total. The summed E-state index contributed by atoms with van der Waals surface area (Å²) in [5, 5.41) is 21.2. The van der Waals surface area contributed by atoms with Gasteiger partial charge in [0.2, 0.25) is 0 Å². The molecule has 1 aromatic rings. The van der Waals surface area contributed by atoms with Crippen LogP contribution in [0, 0.1) is 17.2 Å². The van der Waals surface area contributed by atoms with E-state index >= 15 is 0 Å². The zero-order chi connectivity index (χ0) is 13.7. The third-order valence-electron chi connectivity index (χ3n) is 3.34. The van der Waals surface area contributed by atoms with Crippen molar-refractivity contribution in [2.45, 2.75) is 25.8 Å². The molecule has 0 amide bonds. The van der Waals surface area contributed by atoms with Crippen LogP contribution in [0.4, 0.5) is 11.6 Å². The van der Waals surface area contributed by atoms with Crippen molar-refractivity contribution in [1.82, 2.24) is 9.97 Å². The van der Waals surface area contributed by atoms with Crippen molar-refractivity contribution in [3.8, 4) is 6.07 Å². The van der Waals surface area contributed by atoms with Gasteiger partial charge in [-0.3, -0.25) is 0 Å². The third kappa shape index (κ3) is 3.32. The average Bonchev–Trinajstić information content (AvgIpc) is 2.93. The van der Waals surface area contributed by atoms with Crippen molar-refractivity contribution in [2.75, 3.05) is 29.9 Å². The number of hydrogen-bond donors (Lipinski definition) is 2. The first kappa shape index (κ1) is 13.6. The minimum Gasteiger partial charge on any atom is -0.394 e. The molecule has 1 aromatic heterocycles. The molecule has 1 fully saturated rings. The van der Waals surface area contributed by atoms with Gasteiger partial charge in [0.15, 0.2) is 0 Å². The fourth-order valence-corrected chi connectivity index (χ4v) is 2.23. The molecule has 6 nitrogen and oxygen atoms in total. The minimum atomic E-state index is -0.0598. The molecule has 0 aliphatic carbocycles. The first-order valence-corrected chi connectivity index (χ1v) is 6.57. The number of anilines is 2. The smallest absolute Gasteiger partial charge is 0.134 e. The second-order valence-electron chi connectivity index (χ2n) is 4.84. The van der Waals surface area contributed by atoms with Gasteiger partial charge in [-0.15, -0.1) is 0 Å². The van der Waals surface area contributed by atoms with Crippen LogP contribution < -0.4 is 10.2 Å². The van der Waals surface area contributed by atoms with Gasteiger partial charge in [-0.1, -0.05) is 0 Å². The summed E-state index contributed by atoms with van der Waals surface area (Å²) in [5.74, 6) is 1.49. The molecule has 6 heteroatoms. The van der Waals surface area contributed by atoms with Crippen LogP contribution in [0.5, 0.6) is 0 Å². The summed E-state index contributed by atoms with van der Waals surface area (Å²) in [5.41, 5.74) is 0. The minimum absolute atomic E-state index is 0.0598. The number of rotatable bonds is 5. The lowest BCUT2D eigenvalue weighted by Crippen LogP contribution is -2.32. The molecule has 2 rings (SSSR count). The van der Waals surface area contributed by atoms with Gasteiger partial charge in [0.05, 0.1) is 24.6 Å². The number of nitrogens with zero attached hydrogens (tertiary/aromatic N) is 4. The van der Waals surface area contributed by atoms with Gasteiger partial charge in [-0.2, -0.15) is 5.26 Å². The summed E-state index contributed by atoms with van der Waals surface area (Å²) in [6.07, 6.45) is 3.58. The second kappa shape index (κ2) is 6.34. The molecule has 1 aliphatic heterocycles. The highest BCUT2D eigenvalue weighted by Gasteiger charge is 2.25. The van der Waals surface area contributed by atoms with Crippen molar-refractivity contribution in [3.05, 3.63) is 12.4 Å². The van der Waals surface area contributed by atoms with Gasteiger partial charge in [0.25, 0.3) is 0 Å². The monoisotopic (exact) mass is 261 g/mol. The van der Waals surface area contributed by atoms with Crippen LogP contribution in [0.3, 0.4) is 0 Å². The van der Waals surface area contributed by atoms with E-state index in [9.17, 15) is 5.11 Å². The predicted molar refractivity (Wildman–Crippen MR) is 72.8 cm³/mol. The fourth-order valence-electron chi connectivity index (χ4n) is 2.23. The largest absolute Gasteiger partial charge is 0.394 e. The lowest BCUT2D eigenvalue weighted by molar-refractivity contribution is 0.266. The van der Waals surface area contributed by atoms with E-state index in [4.69, 9.17) is 5.26 Å². The summed E-state index contributed by atoms with van der Waals surface area (Å²) in [6.45, 7) is 3.49. The molecule has 19 heavy (non-hydrogen) atoms. The van der Waals surface area contributed by atoms with Gasteiger partial charge in [0.1, 0.15) is 18.0 Å². The Bertz CT molecular complexity index is 459. The quantitative estimate of drug-likeness (QED) is 0.822. The Kier molecular flexibility index (Phi) is 4.53. The number of aliphatic hydroxyl groups excluding tert-OH is 1. The topological polar surface area (TPSA) is 85.1 Å². The van der Waals surface area contributed by atoms with Crippen molar-refractivity contribution < 1.29 is 5.11 Å². The molecule has 0 radical (unpaired) electrons. The van der Waals surface area contributed by atoms with Gasteiger partial charge < -0.3 is 15.3 Å². The zero-order valence-electron chi connectivity index (χ0n) is 11.1. The Morgan fingerprint density at radius 2 is 2.47 bits per heavy atom. The van der Waals surface area contributed by atoms with Crippen molar-refractivity contribution in [3.63, 3.8) is 0 Å². The Morgan fingerprint density at radius 1 is 1.63 bits per heavy atom. The standard InChI is InChI=1S/C13H19N5O/c1-10(6-14)7-15-12-5-13(17-9-16-12)18-4-2-3-11(18)8-19/h5,9-11,19H,2-4,7-8H2,1H3,(H,15,16,17). The normalized spacial score (nSPS) is 20.1. The molecule has 0 saturated carbocycles. The summed E-state index contributed by atoms with van der Waals surface area (Å²) in [6, 6.07) is 4.20. The van der Waals surface area contributed by atoms with Crippen LogP contribution in [0.15, 0.2) is 12.4 Å². The number of aromatic nitrogens is 2. The van der Waals surface area contributed by atoms with Crippen LogP contribution >= 0.6 is 0 Å². The maximum absolute atomic E-state index is 9.34. The Balaban J connectivity index is 2.05. The second-order valence-corrected chi connectivity index (χ2v) is 4.84. The molecule has 0 spiro atoms. The summed E-state index contributed by atoms with van der Waals surface area (Å²) >= 11 is 0. The maximum atomic E-state index is 9.34. The molecule has 0 aromatic carbocycles. The van der Waals surface area contributed by atoms with Gasteiger partial charge in [0, 0.05) is 19.2 Å². The Morgan fingerprint density at radius 3 is 3.21 bits per heavy atom. The first-order valence-electron chi connectivity index (χ1n) is 6.57. The molecule has 1 saturated heterocycles. The molecule has 1 aliphatic rings. The van der Waals surface area contributed by atoms with E-state index in [0.29, 0.717) is 6.54 Å². The first-order chi connectivity index (χ1) is 9.24. The van der Waals surface area contributed by atoms with Crippen molar-refractivity contribution in [1.29, 1.82) is 5.26 Å². The molecular weight excluding hydrogens is 242 g/mol. The number of hydrogen-bond acceptors (Lipinski definition) is 6. The lowest BCUT2D eigenvalue weighted by Gasteiger charge is -2.24. The van der Waals surface area contributed by atoms with E-state index in [-0.39, 0.29) is 18.6 Å². The van der Waals surface area contributed by atoms with E-state index in [1.807, 2.05) is 13.0 Å². The van der Waals surface area contributed by atoms with Crippen LogP contribution in [0.2, 0.25) is 0 Å². The van der Waals surface area contributed by atoms with Gasteiger partial charge >= 0.3 is 0 Å². The zero-order valence-corrected chi connectivity index (χ0v) is 11.1. The van der Waals surface area contributed by atoms with Gasteiger partial charge in [-0.05, 0) is 19.8 Å². The highest BCUT2D eigenvalue weighted by atomic mass is 16.3. The SMILES string of the molecule is CC(C#N)CNc1cc(N2CCCC2CO)ncn1. The number of aliphatic hydroxyl groups is 1. The summed E-state index contributed by atoms with van der Waals surface area (Å²) in [4.78, 5) is 10.5. The Labute approximate surface area is 113 Å². The van der Waals surface area contributed by atoms with Gasteiger partial charge in [-0.25, -0.2) is 9.97 Å². The third-order valence-corrected chi connectivity index (χ3v) is 3.34. The van der Waals surface area contributed by atoms with E-state index in [1.165, 1.54) is 6.33 Å². The highest BCUT2D eigenvalue weighted by Crippen LogP contribution is 2.24. The number of nitriles is 1. The Hall–Kier alpha value is -1.87. The van der Waals surface area contributed by atoms with Crippen LogP contribution in [-0.2, 0) is 0 Å². The van der Waals surface area contributed by atoms with E-state index in [1.54, 1.807) is 0 Å². The van der Waals surface area contributed by atoms with Crippen molar-refractivity contribution >= 4 is 11.6 Å². The number of nitrogens with one attached hydrogen (secondary N) is 1. The molecule has 2 heterocycles. The lowest BCUT2D eigenvalue weighted by atomic mass is 10.2. The average molecular weight is 261 g/mol. The molecule has 0 bridgehead atoms. The van der Waals surface area contributed by atoms with Crippen LogP contribution in [-0.4, -0.2) is 40.8 Å². The van der Waals surface area contributed by atoms with E-state index < -0.39 is 0 Å². The predicted octanol–water partition coefficient (Wildman–Crippen LogP) is 1.01. The summed E-state index contributed by atoms with van der Waals surface area (Å²) in [7, 11) is 0.